The van der Waals surface area contributed by atoms with Crippen molar-refractivity contribution in [1.29, 1.82) is 0 Å². The van der Waals surface area contributed by atoms with E-state index in [-0.39, 0.29) is 5.54 Å². The number of hydrogen-bond donors (Lipinski definition) is 1. The normalized spacial score (nSPS) is 17.5. The predicted octanol–water partition coefficient (Wildman–Crippen LogP) is 3.77. The molecule has 0 bridgehead atoms. The van der Waals surface area contributed by atoms with E-state index in [1.165, 1.54) is 25.7 Å². The Morgan fingerprint density at radius 2 is 1.86 bits per heavy atom. The topological polar surface area (TPSA) is 47.0 Å². The van der Waals surface area contributed by atoms with Gasteiger partial charge in [0.05, 0.1) is 0 Å². The SMILES string of the molecule is Cc1nc(OC2CCCCCC2)ncc1CNC(C)(C)C. The maximum Gasteiger partial charge on any atom is 0.316 e. The van der Waals surface area contributed by atoms with Crippen molar-refractivity contribution in [1.82, 2.24) is 15.3 Å². The van der Waals surface area contributed by atoms with Gasteiger partial charge in [-0.1, -0.05) is 12.8 Å². The van der Waals surface area contributed by atoms with Crippen LogP contribution in [0.2, 0.25) is 0 Å². The van der Waals surface area contributed by atoms with E-state index in [0.29, 0.717) is 12.1 Å². The van der Waals surface area contributed by atoms with Crippen LogP contribution in [0.4, 0.5) is 0 Å². The van der Waals surface area contributed by atoms with Crippen molar-refractivity contribution >= 4 is 0 Å². The first-order valence-electron chi connectivity index (χ1n) is 8.18. The Bertz CT molecular complexity index is 446. The zero-order valence-electron chi connectivity index (χ0n) is 13.9. The molecule has 1 aromatic heterocycles. The molecule has 1 fully saturated rings. The molecule has 0 unspecified atom stereocenters. The Labute approximate surface area is 128 Å². The lowest BCUT2D eigenvalue weighted by Gasteiger charge is -2.21. The molecule has 0 spiro atoms. The van der Waals surface area contributed by atoms with Crippen LogP contribution >= 0.6 is 0 Å². The minimum atomic E-state index is 0.0992. The summed E-state index contributed by atoms with van der Waals surface area (Å²) in [4.78, 5) is 8.92. The van der Waals surface area contributed by atoms with Crippen LogP contribution < -0.4 is 10.1 Å². The molecule has 2 rings (SSSR count). The van der Waals surface area contributed by atoms with Crippen LogP contribution in [0.5, 0.6) is 6.01 Å². The molecule has 4 nitrogen and oxygen atoms in total. The summed E-state index contributed by atoms with van der Waals surface area (Å²) in [6.45, 7) is 9.30. The number of aromatic nitrogens is 2. The van der Waals surface area contributed by atoms with E-state index in [2.05, 4.69) is 36.1 Å². The van der Waals surface area contributed by atoms with E-state index in [0.717, 1.165) is 30.6 Å². The molecule has 118 valence electrons. The monoisotopic (exact) mass is 291 g/mol. The van der Waals surface area contributed by atoms with Gasteiger partial charge in [0.1, 0.15) is 6.10 Å². The smallest absolute Gasteiger partial charge is 0.316 e. The van der Waals surface area contributed by atoms with Crippen molar-refractivity contribution in [2.75, 3.05) is 0 Å². The summed E-state index contributed by atoms with van der Waals surface area (Å²) < 4.78 is 5.97. The van der Waals surface area contributed by atoms with E-state index in [4.69, 9.17) is 4.74 Å². The van der Waals surface area contributed by atoms with Crippen LogP contribution in [0.25, 0.3) is 0 Å². The molecule has 0 atom stereocenters. The molecular weight excluding hydrogens is 262 g/mol. The molecular formula is C17H29N3O. The lowest BCUT2D eigenvalue weighted by atomic mass is 10.1. The van der Waals surface area contributed by atoms with E-state index in [1.807, 2.05) is 13.1 Å². The van der Waals surface area contributed by atoms with Crippen LogP contribution in [0.15, 0.2) is 6.20 Å². The number of hydrogen-bond acceptors (Lipinski definition) is 4. The van der Waals surface area contributed by atoms with Crippen molar-refractivity contribution in [3.05, 3.63) is 17.5 Å². The Morgan fingerprint density at radius 1 is 1.19 bits per heavy atom. The second kappa shape index (κ2) is 7.21. The van der Waals surface area contributed by atoms with Crippen LogP contribution in [0.3, 0.4) is 0 Å². The third-order valence-corrected chi connectivity index (χ3v) is 3.94. The molecule has 4 heteroatoms. The van der Waals surface area contributed by atoms with E-state index in [1.54, 1.807) is 0 Å². The van der Waals surface area contributed by atoms with Crippen LogP contribution in [0, 0.1) is 6.92 Å². The first kappa shape index (κ1) is 16.2. The van der Waals surface area contributed by atoms with Crippen molar-refractivity contribution in [3.8, 4) is 6.01 Å². The molecule has 1 aliphatic carbocycles. The van der Waals surface area contributed by atoms with Crippen LogP contribution in [-0.2, 0) is 6.54 Å². The molecule has 0 aliphatic heterocycles. The van der Waals surface area contributed by atoms with Crippen molar-refractivity contribution in [2.45, 2.75) is 84.4 Å². The van der Waals surface area contributed by atoms with Gasteiger partial charge in [-0.2, -0.15) is 0 Å². The van der Waals surface area contributed by atoms with Gasteiger partial charge in [-0.25, -0.2) is 9.97 Å². The summed E-state index contributed by atoms with van der Waals surface area (Å²) in [7, 11) is 0. The van der Waals surface area contributed by atoms with Gasteiger partial charge in [0.25, 0.3) is 0 Å². The molecule has 21 heavy (non-hydrogen) atoms. The molecule has 0 aromatic carbocycles. The molecule has 0 saturated heterocycles. The molecule has 0 radical (unpaired) electrons. The van der Waals surface area contributed by atoms with Gasteiger partial charge in [-0.15, -0.1) is 0 Å². The van der Waals surface area contributed by atoms with E-state index >= 15 is 0 Å². The summed E-state index contributed by atoms with van der Waals surface area (Å²) in [6, 6.07) is 0.541. The summed E-state index contributed by atoms with van der Waals surface area (Å²) in [5.74, 6) is 0. The average Bonchev–Trinajstić information content (AvgIpc) is 2.65. The third kappa shape index (κ3) is 5.62. The van der Waals surface area contributed by atoms with Gasteiger partial charge in [0.15, 0.2) is 0 Å². The average molecular weight is 291 g/mol. The summed E-state index contributed by atoms with van der Waals surface area (Å²) in [5.41, 5.74) is 2.24. The standard InChI is InChI=1S/C17H29N3O/c1-13-14(12-19-17(2,3)4)11-18-16(20-13)21-15-9-7-5-6-8-10-15/h11,15,19H,5-10,12H2,1-4H3. The van der Waals surface area contributed by atoms with Crippen molar-refractivity contribution in [2.24, 2.45) is 0 Å². The summed E-state index contributed by atoms with van der Waals surface area (Å²) >= 11 is 0. The van der Waals surface area contributed by atoms with Crippen molar-refractivity contribution < 1.29 is 4.74 Å². The first-order valence-corrected chi connectivity index (χ1v) is 8.18. The highest BCUT2D eigenvalue weighted by Gasteiger charge is 2.16. The van der Waals surface area contributed by atoms with Gasteiger partial charge in [-0.05, 0) is 53.4 Å². The molecule has 1 N–H and O–H groups in total. The molecule has 1 heterocycles. The quantitative estimate of drug-likeness (QED) is 0.858. The summed E-state index contributed by atoms with van der Waals surface area (Å²) in [5, 5.41) is 3.47. The largest absolute Gasteiger partial charge is 0.460 e. The maximum atomic E-state index is 5.97. The van der Waals surface area contributed by atoms with Gasteiger partial charge < -0.3 is 10.1 Å². The highest BCUT2D eigenvalue weighted by atomic mass is 16.5. The fourth-order valence-electron chi connectivity index (χ4n) is 2.57. The Hall–Kier alpha value is -1.16. The Morgan fingerprint density at radius 3 is 2.43 bits per heavy atom. The second-order valence-corrected chi connectivity index (χ2v) is 7.10. The second-order valence-electron chi connectivity index (χ2n) is 7.10. The number of ether oxygens (including phenoxy) is 1. The van der Waals surface area contributed by atoms with Crippen LogP contribution in [-0.4, -0.2) is 21.6 Å². The van der Waals surface area contributed by atoms with Gasteiger partial charge in [0, 0.05) is 29.5 Å². The minimum absolute atomic E-state index is 0.0992. The van der Waals surface area contributed by atoms with Gasteiger partial charge in [-0.3, -0.25) is 0 Å². The number of nitrogens with one attached hydrogen (secondary N) is 1. The highest BCUT2D eigenvalue weighted by molar-refractivity contribution is 5.18. The highest BCUT2D eigenvalue weighted by Crippen LogP contribution is 2.21. The van der Waals surface area contributed by atoms with E-state index in [9.17, 15) is 0 Å². The first-order chi connectivity index (χ1) is 9.94. The zero-order chi connectivity index (χ0) is 15.3. The zero-order valence-corrected chi connectivity index (χ0v) is 13.9. The predicted molar refractivity (Wildman–Crippen MR) is 85.5 cm³/mol. The van der Waals surface area contributed by atoms with Gasteiger partial charge >= 0.3 is 6.01 Å². The van der Waals surface area contributed by atoms with E-state index < -0.39 is 0 Å². The van der Waals surface area contributed by atoms with Crippen LogP contribution in [0.1, 0.15) is 70.6 Å². The third-order valence-electron chi connectivity index (χ3n) is 3.94. The number of nitrogens with zero attached hydrogens (tertiary/aromatic N) is 2. The lowest BCUT2D eigenvalue weighted by molar-refractivity contribution is 0.167. The molecule has 1 saturated carbocycles. The fraction of sp³-hybridized carbons (Fsp3) is 0.765. The summed E-state index contributed by atoms with van der Waals surface area (Å²) in [6.07, 6.45) is 9.65. The molecule has 1 aromatic rings. The lowest BCUT2D eigenvalue weighted by Crippen LogP contribution is -2.35. The molecule has 0 amide bonds. The fourth-order valence-corrected chi connectivity index (χ4v) is 2.57. The van der Waals surface area contributed by atoms with Crippen molar-refractivity contribution in [3.63, 3.8) is 0 Å². The number of rotatable bonds is 4. The number of aryl methyl sites for hydroxylation is 1. The Kier molecular flexibility index (Phi) is 5.57. The minimum Gasteiger partial charge on any atom is -0.460 e. The molecule has 1 aliphatic rings. The Balaban J connectivity index is 1.94. The maximum absolute atomic E-state index is 5.97. The van der Waals surface area contributed by atoms with Gasteiger partial charge in [0.2, 0.25) is 0 Å².